The molecule has 0 aromatic carbocycles. The fourth-order valence-electron chi connectivity index (χ4n) is 1.50. The summed E-state index contributed by atoms with van der Waals surface area (Å²) in [6.45, 7) is 8.48. The van der Waals surface area contributed by atoms with Gasteiger partial charge in [0.2, 0.25) is 5.91 Å². The van der Waals surface area contributed by atoms with Crippen LogP contribution in [0.5, 0.6) is 0 Å². The number of piperazine rings is 1. The van der Waals surface area contributed by atoms with Crippen molar-refractivity contribution in [2.24, 2.45) is 0 Å². The summed E-state index contributed by atoms with van der Waals surface area (Å²) in [5.74, 6) is 0.128. The van der Waals surface area contributed by atoms with Crippen molar-refractivity contribution in [2.45, 2.75) is 26.3 Å². The van der Waals surface area contributed by atoms with Gasteiger partial charge in [-0.15, -0.1) is 0 Å². The van der Waals surface area contributed by atoms with Crippen LogP contribution < -0.4 is 5.32 Å². The Labute approximate surface area is 79.8 Å². The van der Waals surface area contributed by atoms with Gasteiger partial charge < -0.3 is 5.32 Å². The minimum atomic E-state index is -0.363. The van der Waals surface area contributed by atoms with Gasteiger partial charge in [0.1, 0.15) is 0 Å². The first-order valence-electron chi connectivity index (χ1n) is 4.73. The second kappa shape index (κ2) is 3.92. The third-order valence-corrected chi connectivity index (χ3v) is 2.58. The summed E-state index contributed by atoms with van der Waals surface area (Å²) in [5.41, 5.74) is -0.363. The van der Waals surface area contributed by atoms with Crippen LogP contribution in [0, 0.1) is 0 Å². The molecular formula is C10H18N2O. The monoisotopic (exact) mass is 182 g/mol. The number of allylic oxidation sites excluding steroid dienone is 1. The normalized spacial score (nSPS) is 23.5. The van der Waals surface area contributed by atoms with Crippen molar-refractivity contribution in [3.63, 3.8) is 0 Å². The van der Waals surface area contributed by atoms with Crippen LogP contribution in [0.1, 0.15) is 20.8 Å². The van der Waals surface area contributed by atoms with E-state index in [1.807, 2.05) is 26.8 Å². The number of hydrogen-bond acceptors (Lipinski definition) is 2. The third-order valence-electron chi connectivity index (χ3n) is 2.58. The van der Waals surface area contributed by atoms with Gasteiger partial charge in [-0.3, -0.25) is 9.69 Å². The second-order valence-electron chi connectivity index (χ2n) is 3.83. The Morgan fingerprint density at radius 3 is 2.92 bits per heavy atom. The van der Waals surface area contributed by atoms with E-state index in [1.54, 1.807) is 0 Å². The highest BCUT2D eigenvalue weighted by Gasteiger charge is 2.36. The summed E-state index contributed by atoms with van der Waals surface area (Å²) >= 11 is 0. The number of nitrogens with one attached hydrogen (secondary N) is 1. The zero-order valence-corrected chi connectivity index (χ0v) is 8.63. The van der Waals surface area contributed by atoms with Gasteiger partial charge in [-0.05, 0) is 20.8 Å². The fraction of sp³-hybridized carbons (Fsp3) is 0.700. The van der Waals surface area contributed by atoms with Crippen LogP contribution in [0.15, 0.2) is 12.2 Å². The molecule has 0 radical (unpaired) electrons. The molecule has 0 saturated carbocycles. The maximum absolute atomic E-state index is 11.5. The molecule has 3 nitrogen and oxygen atoms in total. The van der Waals surface area contributed by atoms with Gasteiger partial charge in [0.05, 0.1) is 5.54 Å². The first-order valence-corrected chi connectivity index (χ1v) is 4.73. The predicted molar refractivity (Wildman–Crippen MR) is 53.5 cm³/mol. The van der Waals surface area contributed by atoms with Crippen LogP contribution in [0.2, 0.25) is 0 Å². The Kier molecular flexibility index (Phi) is 3.09. The van der Waals surface area contributed by atoms with Crippen LogP contribution >= 0.6 is 0 Å². The van der Waals surface area contributed by atoms with E-state index in [0.29, 0.717) is 0 Å². The Morgan fingerprint density at radius 2 is 2.31 bits per heavy atom. The van der Waals surface area contributed by atoms with E-state index in [2.05, 4.69) is 16.3 Å². The number of hydrogen-bond donors (Lipinski definition) is 1. The third kappa shape index (κ3) is 2.10. The zero-order valence-electron chi connectivity index (χ0n) is 8.63. The van der Waals surface area contributed by atoms with Gasteiger partial charge in [0.15, 0.2) is 0 Å². The number of nitrogens with zero attached hydrogens (tertiary/aromatic N) is 1. The summed E-state index contributed by atoms with van der Waals surface area (Å²) in [7, 11) is 0. The Balaban J connectivity index is 2.66. The van der Waals surface area contributed by atoms with Crippen LogP contribution in [0.3, 0.4) is 0 Å². The molecule has 0 aromatic rings. The lowest BCUT2D eigenvalue weighted by Gasteiger charge is -2.40. The fourth-order valence-corrected chi connectivity index (χ4v) is 1.50. The summed E-state index contributed by atoms with van der Waals surface area (Å²) < 4.78 is 0. The first-order chi connectivity index (χ1) is 6.09. The molecular weight excluding hydrogens is 164 g/mol. The highest BCUT2D eigenvalue weighted by atomic mass is 16.2. The van der Waals surface area contributed by atoms with E-state index in [9.17, 15) is 4.79 Å². The smallest absolute Gasteiger partial charge is 0.240 e. The molecule has 3 heteroatoms. The molecule has 1 heterocycles. The maximum atomic E-state index is 11.5. The molecule has 0 unspecified atom stereocenters. The van der Waals surface area contributed by atoms with Gasteiger partial charge in [-0.1, -0.05) is 12.2 Å². The Bertz CT molecular complexity index is 221. The van der Waals surface area contributed by atoms with Crippen molar-refractivity contribution in [1.82, 2.24) is 10.2 Å². The molecule has 1 N–H and O–H groups in total. The van der Waals surface area contributed by atoms with E-state index in [-0.39, 0.29) is 11.4 Å². The van der Waals surface area contributed by atoms with Crippen LogP contribution in [-0.4, -0.2) is 36.0 Å². The van der Waals surface area contributed by atoms with Crippen LogP contribution in [0.4, 0.5) is 0 Å². The molecule has 0 atom stereocenters. The summed E-state index contributed by atoms with van der Waals surface area (Å²) in [6.07, 6.45) is 4.10. The van der Waals surface area contributed by atoms with Crippen molar-refractivity contribution in [3.8, 4) is 0 Å². The maximum Gasteiger partial charge on any atom is 0.240 e. The molecule has 0 bridgehead atoms. The molecule has 13 heavy (non-hydrogen) atoms. The van der Waals surface area contributed by atoms with Gasteiger partial charge in [-0.2, -0.15) is 0 Å². The van der Waals surface area contributed by atoms with Crippen molar-refractivity contribution in [1.29, 1.82) is 0 Å². The summed E-state index contributed by atoms with van der Waals surface area (Å²) in [4.78, 5) is 13.7. The number of amides is 1. The number of carbonyl (C=O) groups is 1. The molecule has 0 spiro atoms. The van der Waals surface area contributed by atoms with Crippen molar-refractivity contribution >= 4 is 5.91 Å². The van der Waals surface area contributed by atoms with Gasteiger partial charge in [0, 0.05) is 19.6 Å². The summed E-state index contributed by atoms with van der Waals surface area (Å²) in [5, 5.41) is 2.87. The van der Waals surface area contributed by atoms with E-state index < -0.39 is 0 Å². The highest BCUT2D eigenvalue weighted by Crippen LogP contribution is 2.16. The largest absolute Gasteiger partial charge is 0.353 e. The first kappa shape index (κ1) is 10.3. The van der Waals surface area contributed by atoms with E-state index >= 15 is 0 Å². The van der Waals surface area contributed by atoms with Crippen LogP contribution in [0.25, 0.3) is 0 Å². The molecule has 1 fully saturated rings. The highest BCUT2D eigenvalue weighted by molar-refractivity contribution is 5.86. The number of rotatable bonds is 2. The lowest BCUT2D eigenvalue weighted by atomic mass is 9.99. The number of carbonyl (C=O) groups excluding carboxylic acids is 1. The molecule has 1 saturated heterocycles. The predicted octanol–water partition coefficient (Wildman–Crippen LogP) is 0.773. The molecule has 1 aliphatic rings. The zero-order chi connectivity index (χ0) is 9.90. The van der Waals surface area contributed by atoms with Gasteiger partial charge in [-0.25, -0.2) is 0 Å². The minimum absolute atomic E-state index is 0.128. The van der Waals surface area contributed by atoms with Crippen molar-refractivity contribution in [3.05, 3.63) is 12.2 Å². The standard InChI is InChI=1S/C10H18N2O/c1-4-5-7-12-8-6-11-9(13)10(12,2)3/h4-5H,6-8H2,1-3H3,(H,11,13)/b5-4+. The van der Waals surface area contributed by atoms with Gasteiger partial charge in [0.25, 0.3) is 0 Å². The lowest BCUT2D eigenvalue weighted by Crippen LogP contribution is -2.61. The molecule has 1 aliphatic heterocycles. The topological polar surface area (TPSA) is 32.3 Å². The average Bonchev–Trinajstić information content (AvgIpc) is 2.08. The van der Waals surface area contributed by atoms with Crippen molar-refractivity contribution < 1.29 is 4.79 Å². The molecule has 1 rings (SSSR count). The van der Waals surface area contributed by atoms with E-state index in [1.165, 1.54) is 0 Å². The minimum Gasteiger partial charge on any atom is -0.353 e. The average molecular weight is 182 g/mol. The molecule has 1 amide bonds. The van der Waals surface area contributed by atoms with E-state index in [0.717, 1.165) is 19.6 Å². The second-order valence-corrected chi connectivity index (χ2v) is 3.83. The van der Waals surface area contributed by atoms with Crippen molar-refractivity contribution in [2.75, 3.05) is 19.6 Å². The Hall–Kier alpha value is -0.830. The lowest BCUT2D eigenvalue weighted by molar-refractivity contribution is -0.134. The van der Waals surface area contributed by atoms with Gasteiger partial charge >= 0.3 is 0 Å². The quantitative estimate of drug-likeness (QED) is 0.640. The Morgan fingerprint density at radius 1 is 1.62 bits per heavy atom. The van der Waals surface area contributed by atoms with Crippen LogP contribution in [-0.2, 0) is 4.79 Å². The summed E-state index contributed by atoms with van der Waals surface area (Å²) in [6, 6.07) is 0. The molecule has 0 aliphatic carbocycles. The van der Waals surface area contributed by atoms with E-state index in [4.69, 9.17) is 0 Å². The molecule has 0 aromatic heterocycles. The molecule has 74 valence electrons. The SMILES string of the molecule is C/C=C/CN1CCNC(=O)C1(C)C.